The summed E-state index contributed by atoms with van der Waals surface area (Å²) in [5.74, 6) is -0.618. The lowest BCUT2D eigenvalue weighted by Gasteiger charge is -2.25. The molecule has 8 nitrogen and oxygen atoms in total. The summed E-state index contributed by atoms with van der Waals surface area (Å²) < 4.78 is 16.2. The first kappa shape index (κ1) is 22.2. The third-order valence-electron chi connectivity index (χ3n) is 6.06. The van der Waals surface area contributed by atoms with Crippen molar-refractivity contribution in [2.75, 3.05) is 19.1 Å². The van der Waals surface area contributed by atoms with Crippen molar-refractivity contribution in [3.05, 3.63) is 89.2 Å². The van der Waals surface area contributed by atoms with Gasteiger partial charge in [-0.3, -0.25) is 14.5 Å². The van der Waals surface area contributed by atoms with E-state index < -0.39 is 17.7 Å². The fourth-order valence-corrected chi connectivity index (χ4v) is 4.45. The van der Waals surface area contributed by atoms with Gasteiger partial charge < -0.3 is 19.1 Å². The van der Waals surface area contributed by atoms with Crippen molar-refractivity contribution in [2.45, 2.75) is 13.0 Å². The molecular formula is C27H22N2O6. The van der Waals surface area contributed by atoms with Gasteiger partial charge in [-0.05, 0) is 29.8 Å². The van der Waals surface area contributed by atoms with Crippen LogP contribution in [0.3, 0.4) is 0 Å². The second kappa shape index (κ2) is 8.64. The van der Waals surface area contributed by atoms with E-state index >= 15 is 0 Å². The molecule has 1 unspecified atom stereocenters. The van der Waals surface area contributed by atoms with Crippen molar-refractivity contribution >= 4 is 34.0 Å². The fourth-order valence-electron chi connectivity index (χ4n) is 4.45. The van der Waals surface area contributed by atoms with Crippen molar-refractivity contribution in [1.29, 1.82) is 0 Å². The van der Waals surface area contributed by atoms with Gasteiger partial charge in [0.1, 0.15) is 17.6 Å². The number of para-hydroxylation sites is 1. The molecule has 0 aliphatic carbocycles. The lowest BCUT2D eigenvalue weighted by Crippen LogP contribution is -2.30. The number of aliphatic hydroxyl groups excluding tert-OH is 1. The molecule has 1 N–H and O–H groups in total. The number of amides is 1. The lowest BCUT2D eigenvalue weighted by molar-refractivity contribution is -0.132. The predicted octanol–water partition coefficient (Wildman–Crippen LogP) is 4.78. The van der Waals surface area contributed by atoms with Crippen molar-refractivity contribution in [2.24, 2.45) is 0 Å². The number of fused-ring (bicyclic) bond motifs is 1. The first-order valence-corrected chi connectivity index (χ1v) is 10.9. The molecule has 0 radical (unpaired) electrons. The fraction of sp³-hybridized carbons (Fsp3) is 0.148. The minimum absolute atomic E-state index is 0.0857. The van der Waals surface area contributed by atoms with E-state index in [0.717, 1.165) is 10.8 Å². The quantitative estimate of drug-likeness (QED) is 0.254. The molecule has 1 aliphatic heterocycles. The van der Waals surface area contributed by atoms with Gasteiger partial charge in [-0.25, -0.2) is 0 Å². The third-order valence-corrected chi connectivity index (χ3v) is 6.06. The maximum Gasteiger partial charge on any atom is 0.301 e. The van der Waals surface area contributed by atoms with Gasteiger partial charge in [-0.15, -0.1) is 0 Å². The number of anilines is 1. The number of hydrogen-bond donors (Lipinski definition) is 1. The Hall–Kier alpha value is -4.59. The highest BCUT2D eigenvalue weighted by atomic mass is 16.5. The molecule has 1 atom stereocenters. The Bertz CT molecular complexity index is 1500. The number of benzene rings is 3. The van der Waals surface area contributed by atoms with Crippen LogP contribution < -0.4 is 14.4 Å². The Morgan fingerprint density at radius 1 is 0.971 bits per heavy atom. The van der Waals surface area contributed by atoms with Crippen LogP contribution in [0.25, 0.3) is 16.5 Å². The van der Waals surface area contributed by atoms with Gasteiger partial charge in [0.15, 0.2) is 17.3 Å². The van der Waals surface area contributed by atoms with Gasteiger partial charge in [0, 0.05) is 17.2 Å². The van der Waals surface area contributed by atoms with Gasteiger partial charge in [0.25, 0.3) is 5.78 Å². The molecule has 35 heavy (non-hydrogen) atoms. The predicted molar refractivity (Wildman–Crippen MR) is 130 cm³/mol. The zero-order valence-electron chi connectivity index (χ0n) is 19.3. The molecule has 176 valence electrons. The van der Waals surface area contributed by atoms with Crippen LogP contribution in [0.4, 0.5) is 5.82 Å². The van der Waals surface area contributed by atoms with Gasteiger partial charge in [-0.1, -0.05) is 53.7 Å². The zero-order chi connectivity index (χ0) is 24.7. The van der Waals surface area contributed by atoms with Crippen LogP contribution in [-0.2, 0) is 9.59 Å². The Morgan fingerprint density at radius 3 is 2.43 bits per heavy atom. The van der Waals surface area contributed by atoms with Crippen LogP contribution in [-0.4, -0.2) is 36.2 Å². The van der Waals surface area contributed by atoms with E-state index in [2.05, 4.69) is 5.16 Å². The summed E-state index contributed by atoms with van der Waals surface area (Å²) in [6, 6.07) is 18.7. The molecule has 0 spiro atoms. The largest absolute Gasteiger partial charge is 0.507 e. The molecule has 1 aliphatic rings. The van der Waals surface area contributed by atoms with E-state index in [1.165, 1.54) is 19.1 Å². The highest BCUT2D eigenvalue weighted by molar-refractivity contribution is 6.51. The number of aromatic nitrogens is 1. The molecule has 4 aromatic rings. The molecule has 8 heteroatoms. The van der Waals surface area contributed by atoms with Crippen molar-refractivity contribution in [1.82, 2.24) is 5.16 Å². The summed E-state index contributed by atoms with van der Waals surface area (Å²) in [6.45, 7) is 1.68. The first-order valence-electron chi connectivity index (χ1n) is 10.9. The normalized spacial score (nSPS) is 17.2. The van der Waals surface area contributed by atoms with E-state index in [1.54, 1.807) is 43.3 Å². The number of carbonyl (C=O) groups is 2. The number of ketones is 1. The molecule has 1 aromatic heterocycles. The summed E-state index contributed by atoms with van der Waals surface area (Å²) in [5.41, 5.74) is 0.774. The number of aryl methyl sites for hydroxylation is 1. The van der Waals surface area contributed by atoms with Gasteiger partial charge >= 0.3 is 5.91 Å². The molecule has 5 rings (SSSR count). The Morgan fingerprint density at radius 2 is 1.74 bits per heavy atom. The number of carbonyl (C=O) groups excluding carboxylic acids is 2. The summed E-state index contributed by atoms with van der Waals surface area (Å²) in [6.07, 6.45) is 0. The second-order valence-corrected chi connectivity index (χ2v) is 8.11. The third kappa shape index (κ3) is 3.59. The molecule has 1 amide bonds. The monoisotopic (exact) mass is 470 g/mol. The second-order valence-electron chi connectivity index (χ2n) is 8.11. The van der Waals surface area contributed by atoms with Crippen LogP contribution in [0.15, 0.2) is 76.8 Å². The molecule has 2 heterocycles. The smallest absolute Gasteiger partial charge is 0.301 e. The zero-order valence-corrected chi connectivity index (χ0v) is 19.3. The van der Waals surface area contributed by atoms with Crippen LogP contribution >= 0.6 is 0 Å². The first-order chi connectivity index (χ1) is 16.9. The number of rotatable bonds is 5. The SMILES string of the molecule is COc1cccc(C2C(=C(O)c3ccc4ccccc4c3)C(=O)C(=O)N2c2cc(C)on2)c1OC. The lowest BCUT2D eigenvalue weighted by atomic mass is 9.93. The topological polar surface area (TPSA) is 102 Å². The van der Waals surface area contributed by atoms with E-state index in [4.69, 9.17) is 14.0 Å². The molecule has 0 saturated carbocycles. The molecular weight excluding hydrogens is 448 g/mol. The summed E-state index contributed by atoms with van der Waals surface area (Å²) in [7, 11) is 2.96. The maximum absolute atomic E-state index is 13.4. The number of ether oxygens (including phenoxy) is 2. The average Bonchev–Trinajstić information content (AvgIpc) is 3.42. The number of aliphatic hydroxyl groups is 1. The van der Waals surface area contributed by atoms with Crippen molar-refractivity contribution < 1.29 is 28.7 Å². The van der Waals surface area contributed by atoms with Crippen LogP contribution in [0.1, 0.15) is 22.9 Å². The minimum atomic E-state index is -1.03. The summed E-state index contributed by atoms with van der Waals surface area (Å²) in [5, 5.41) is 17.3. The van der Waals surface area contributed by atoms with Gasteiger partial charge in [-0.2, -0.15) is 0 Å². The molecule has 1 fully saturated rings. The van der Waals surface area contributed by atoms with Gasteiger partial charge in [0.2, 0.25) is 0 Å². The van der Waals surface area contributed by atoms with E-state index in [1.807, 2.05) is 30.3 Å². The van der Waals surface area contributed by atoms with E-state index in [9.17, 15) is 14.7 Å². The summed E-state index contributed by atoms with van der Waals surface area (Å²) >= 11 is 0. The van der Waals surface area contributed by atoms with E-state index in [0.29, 0.717) is 28.4 Å². The number of methoxy groups -OCH3 is 2. The minimum Gasteiger partial charge on any atom is -0.507 e. The van der Waals surface area contributed by atoms with Crippen LogP contribution in [0, 0.1) is 6.92 Å². The van der Waals surface area contributed by atoms with Crippen LogP contribution in [0.2, 0.25) is 0 Å². The molecule has 1 saturated heterocycles. The van der Waals surface area contributed by atoms with Crippen LogP contribution in [0.5, 0.6) is 11.5 Å². The van der Waals surface area contributed by atoms with Crippen molar-refractivity contribution in [3.63, 3.8) is 0 Å². The Labute approximate surface area is 201 Å². The Balaban J connectivity index is 1.78. The van der Waals surface area contributed by atoms with Crippen molar-refractivity contribution in [3.8, 4) is 11.5 Å². The number of nitrogens with zero attached hydrogens (tertiary/aromatic N) is 2. The standard InChI is InChI=1S/C27H22N2O6/c1-15-13-21(28-35-15)29-23(19-9-6-10-20(33-2)26(19)34-3)22(25(31)27(29)32)24(30)18-12-11-16-7-4-5-8-17(16)14-18/h4-14,23,30H,1-3H3. The average molecular weight is 470 g/mol. The molecule has 0 bridgehead atoms. The number of hydrogen-bond acceptors (Lipinski definition) is 7. The highest BCUT2D eigenvalue weighted by Crippen LogP contribution is 2.47. The Kier molecular flexibility index (Phi) is 5.49. The highest BCUT2D eigenvalue weighted by Gasteiger charge is 2.49. The van der Waals surface area contributed by atoms with E-state index in [-0.39, 0.29) is 17.2 Å². The molecule has 3 aromatic carbocycles. The maximum atomic E-state index is 13.4. The summed E-state index contributed by atoms with van der Waals surface area (Å²) in [4.78, 5) is 27.9. The number of Topliss-reactive ketones (excluding diaryl/α,β-unsaturated/α-hetero) is 1. The van der Waals surface area contributed by atoms with Gasteiger partial charge in [0.05, 0.1) is 19.8 Å².